The Kier molecular flexibility index (Phi) is 5.96. The third kappa shape index (κ3) is 4.66. The molecule has 17 heavy (non-hydrogen) atoms. The lowest BCUT2D eigenvalue weighted by atomic mass is 9.96. The van der Waals surface area contributed by atoms with Crippen molar-refractivity contribution in [2.24, 2.45) is 5.92 Å². The van der Waals surface area contributed by atoms with E-state index in [4.69, 9.17) is 0 Å². The first-order valence-electron chi connectivity index (χ1n) is 7.11. The zero-order valence-electron chi connectivity index (χ0n) is 11.3. The van der Waals surface area contributed by atoms with Gasteiger partial charge < -0.3 is 10.4 Å². The monoisotopic (exact) mass is 241 g/mol. The predicted octanol–water partition coefficient (Wildman–Crippen LogP) is 2.62. The maximum atomic E-state index is 12.0. The molecule has 0 saturated heterocycles. The Labute approximate surface area is 105 Å². The number of carbonyl (C=O) groups excluding carboxylic acids is 1. The van der Waals surface area contributed by atoms with Gasteiger partial charge in [-0.05, 0) is 25.7 Å². The molecule has 0 aromatic heterocycles. The van der Waals surface area contributed by atoms with Gasteiger partial charge in [-0.1, -0.05) is 39.5 Å². The summed E-state index contributed by atoms with van der Waals surface area (Å²) in [5.74, 6) is 0.268. The van der Waals surface area contributed by atoms with Gasteiger partial charge >= 0.3 is 0 Å². The van der Waals surface area contributed by atoms with E-state index < -0.39 is 5.60 Å². The summed E-state index contributed by atoms with van der Waals surface area (Å²) in [6, 6.07) is 0. The molecule has 1 aliphatic rings. The molecule has 0 bridgehead atoms. The molecule has 100 valence electrons. The Balaban J connectivity index is 2.35. The molecular formula is C14H27NO2. The maximum absolute atomic E-state index is 12.0. The van der Waals surface area contributed by atoms with E-state index >= 15 is 0 Å². The Morgan fingerprint density at radius 2 is 1.76 bits per heavy atom. The lowest BCUT2D eigenvalue weighted by Gasteiger charge is -2.24. The van der Waals surface area contributed by atoms with Crippen LogP contribution in [0.3, 0.4) is 0 Å². The van der Waals surface area contributed by atoms with Gasteiger partial charge in [-0.2, -0.15) is 0 Å². The molecule has 0 atom stereocenters. The Hall–Kier alpha value is -0.570. The first kappa shape index (κ1) is 14.5. The minimum atomic E-state index is -0.626. The van der Waals surface area contributed by atoms with Crippen LogP contribution < -0.4 is 5.32 Å². The van der Waals surface area contributed by atoms with Crippen molar-refractivity contribution in [3.8, 4) is 0 Å². The molecule has 1 amide bonds. The number of aliphatic hydroxyl groups is 1. The van der Waals surface area contributed by atoms with Crippen LogP contribution in [0.5, 0.6) is 0 Å². The van der Waals surface area contributed by atoms with Crippen molar-refractivity contribution in [1.82, 2.24) is 5.32 Å². The highest BCUT2D eigenvalue weighted by molar-refractivity contribution is 5.78. The van der Waals surface area contributed by atoms with Crippen LogP contribution in [-0.2, 0) is 4.79 Å². The van der Waals surface area contributed by atoms with Crippen molar-refractivity contribution in [3.05, 3.63) is 0 Å². The van der Waals surface area contributed by atoms with E-state index in [1.807, 2.05) is 0 Å². The van der Waals surface area contributed by atoms with E-state index in [9.17, 15) is 9.90 Å². The molecule has 0 aliphatic heterocycles. The quantitative estimate of drug-likeness (QED) is 0.720. The van der Waals surface area contributed by atoms with E-state index in [-0.39, 0.29) is 11.8 Å². The van der Waals surface area contributed by atoms with Gasteiger partial charge in [0.1, 0.15) is 0 Å². The number of carbonyl (C=O) groups is 1. The van der Waals surface area contributed by atoms with Crippen molar-refractivity contribution >= 4 is 5.91 Å². The van der Waals surface area contributed by atoms with E-state index in [0.717, 1.165) is 51.4 Å². The molecule has 3 heteroatoms. The lowest BCUT2D eigenvalue weighted by Crippen LogP contribution is -2.43. The fraction of sp³-hybridized carbons (Fsp3) is 0.929. The molecule has 0 spiro atoms. The minimum Gasteiger partial charge on any atom is -0.388 e. The number of amides is 1. The summed E-state index contributed by atoms with van der Waals surface area (Å²) >= 11 is 0. The molecule has 1 saturated carbocycles. The molecule has 0 unspecified atom stereocenters. The molecule has 1 fully saturated rings. The minimum absolute atomic E-state index is 0.133. The molecule has 0 aromatic carbocycles. The topological polar surface area (TPSA) is 49.3 Å². The average Bonchev–Trinajstić information content (AvgIpc) is 2.73. The molecule has 2 N–H and O–H groups in total. The third-order valence-electron chi connectivity index (χ3n) is 3.77. The van der Waals surface area contributed by atoms with Gasteiger partial charge in [0.25, 0.3) is 0 Å². The van der Waals surface area contributed by atoms with Gasteiger partial charge in [0.05, 0.1) is 5.60 Å². The van der Waals surface area contributed by atoms with Gasteiger partial charge in [-0.25, -0.2) is 0 Å². The molecule has 0 aromatic rings. The Morgan fingerprint density at radius 1 is 1.24 bits per heavy atom. The second-order valence-electron chi connectivity index (χ2n) is 5.42. The van der Waals surface area contributed by atoms with Crippen molar-refractivity contribution in [1.29, 1.82) is 0 Å². The van der Waals surface area contributed by atoms with Gasteiger partial charge in [0, 0.05) is 12.5 Å². The summed E-state index contributed by atoms with van der Waals surface area (Å²) in [6.07, 6.45) is 7.83. The second kappa shape index (κ2) is 7.00. The highest BCUT2D eigenvalue weighted by Gasteiger charge is 2.31. The van der Waals surface area contributed by atoms with Crippen LogP contribution in [0.2, 0.25) is 0 Å². The zero-order valence-corrected chi connectivity index (χ0v) is 11.3. The third-order valence-corrected chi connectivity index (χ3v) is 3.77. The molecule has 1 aliphatic carbocycles. The second-order valence-corrected chi connectivity index (χ2v) is 5.42. The first-order valence-corrected chi connectivity index (χ1v) is 7.11. The zero-order chi connectivity index (χ0) is 12.7. The Bertz CT molecular complexity index is 228. The van der Waals surface area contributed by atoms with E-state index in [0.29, 0.717) is 6.54 Å². The Morgan fingerprint density at radius 3 is 2.24 bits per heavy atom. The highest BCUT2D eigenvalue weighted by atomic mass is 16.3. The summed E-state index contributed by atoms with van der Waals surface area (Å²) in [6.45, 7) is 4.66. The molecule has 1 rings (SSSR count). The van der Waals surface area contributed by atoms with Gasteiger partial charge in [-0.15, -0.1) is 0 Å². The summed E-state index contributed by atoms with van der Waals surface area (Å²) in [5.41, 5.74) is -0.626. The lowest BCUT2D eigenvalue weighted by molar-refractivity contribution is -0.126. The van der Waals surface area contributed by atoms with Crippen LogP contribution in [0.15, 0.2) is 0 Å². The van der Waals surface area contributed by atoms with Gasteiger partial charge in [0.15, 0.2) is 0 Å². The molecule has 0 heterocycles. The fourth-order valence-electron chi connectivity index (χ4n) is 2.71. The van der Waals surface area contributed by atoms with Crippen LogP contribution in [0.1, 0.15) is 65.2 Å². The summed E-state index contributed by atoms with van der Waals surface area (Å²) in [4.78, 5) is 12.0. The largest absolute Gasteiger partial charge is 0.388 e. The highest BCUT2D eigenvalue weighted by Crippen LogP contribution is 2.28. The molecular weight excluding hydrogens is 214 g/mol. The number of nitrogens with one attached hydrogen (secondary N) is 1. The van der Waals surface area contributed by atoms with E-state index in [2.05, 4.69) is 19.2 Å². The van der Waals surface area contributed by atoms with Gasteiger partial charge in [0.2, 0.25) is 5.91 Å². The predicted molar refractivity (Wildman–Crippen MR) is 69.7 cm³/mol. The molecule has 3 nitrogen and oxygen atoms in total. The summed E-state index contributed by atoms with van der Waals surface area (Å²) in [7, 11) is 0. The summed E-state index contributed by atoms with van der Waals surface area (Å²) in [5, 5.41) is 13.1. The SMILES string of the molecule is CCCC(CCC)C(=O)NCC1(O)CCCC1. The fourth-order valence-corrected chi connectivity index (χ4v) is 2.71. The first-order chi connectivity index (χ1) is 8.11. The number of hydrogen-bond donors (Lipinski definition) is 2. The maximum Gasteiger partial charge on any atom is 0.223 e. The summed E-state index contributed by atoms with van der Waals surface area (Å²) < 4.78 is 0. The van der Waals surface area contributed by atoms with Crippen molar-refractivity contribution in [2.75, 3.05) is 6.54 Å². The number of hydrogen-bond acceptors (Lipinski definition) is 2. The van der Waals surface area contributed by atoms with Crippen LogP contribution >= 0.6 is 0 Å². The van der Waals surface area contributed by atoms with E-state index in [1.165, 1.54) is 0 Å². The van der Waals surface area contributed by atoms with E-state index in [1.54, 1.807) is 0 Å². The van der Waals surface area contributed by atoms with Crippen LogP contribution in [-0.4, -0.2) is 23.2 Å². The normalized spacial score (nSPS) is 18.6. The van der Waals surface area contributed by atoms with Crippen LogP contribution in [0.25, 0.3) is 0 Å². The van der Waals surface area contributed by atoms with Crippen molar-refractivity contribution in [2.45, 2.75) is 70.8 Å². The smallest absolute Gasteiger partial charge is 0.223 e. The average molecular weight is 241 g/mol. The standard InChI is InChI=1S/C14H27NO2/c1-3-7-12(8-4-2)13(16)15-11-14(17)9-5-6-10-14/h12,17H,3-11H2,1-2H3,(H,15,16). The van der Waals surface area contributed by atoms with Crippen LogP contribution in [0, 0.1) is 5.92 Å². The number of rotatable bonds is 7. The van der Waals surface area contributed by atoms with Crippen molar-refractivity contribution in [3.63, 3.8) is 0 Å². The van der Waals surface area contributed by atoms with Gasteiger partial charge in [-0.3, -0.25) is 4.79 Å². The van der Waals surface area contributed by atoms with Crippen molar-refractivity contribution < 1.29 is 9.90 Å². The van der Waals surface area contributed by atoms with Crippen LogP contribution in [0.4, 0.5) is 0 Å². The molecule has 0 radical (unpaired) electrons.